The fourth-order valence-electron chi connectivity index (χ4n) is 2.23. The number of hydrogen-bond acceptors (Lipinski definition) is 4. The van der Waals surface area contributed by atoms with E-state index in [2.05, 4.69) is 38.1 Å². The molecule has 0 aromatic heterocycles. The van der Waals surface area contributed by atoms with Crippen LogP contribution in [0, 0.1) is 5.82 Å². The van der Waals surface area contributed by atoms with E-state index in [0.29, 0.717) is 16.6 Å². The maximum atomic E-state index is 13.3. The fraction of sp³-hybridized carbons (Fsp3) is 0.500. The number of nitrogens with two attached hydrogens (primary N) is 1. The zero-order chi connectivity index (χ0) is 15.4. The van der Waals surface area contributed by atoms with Crippen molar-refractivity contribution in [2.45, 2.75) is 0 Å². The topological polar surface area (TPSA) is 61.6 Å². The van der Waals surface area contributed by atoms with Crippen LogP contribution in [0.25, 0.3) is 0 Å². The molecular formula is C14H20BrFN4O. The maximum Gasteiger partial charge on any atom is 0.252 e. The number of carbonyl (C=O) groups is 1. The summed E-state index contributed by atoms with van der Waals surface area (Å²) < 4.78 is 13.7. The highest BCUT2D eigenvalue weighted by molar-refractivity contribution is 9.10. The van der Waals surface area contributed by atoms with Crippen LogP contribution in [0.2, 0.25) is 0 Å². The summed E-state index contributed by atoms with van der Waals surface area (Å²) in [6.45, 7) is 5.50. The van der Waals surface area contributed by atoms with Crippen LogP contribution in [0.1, 0.15) is 10.4 Å². The van der Waals surface area contributed by atoms with Crippen molar-refractivity contribution >= 4 is 27.5 Å². The van der Waals surface area contributed by atoms with Crippen molar-refractivity contribution in [1.29, 1.82) is 0 Å². The lowest BCUT2D eigenvalue weighted by molar-refractivity contribution is 0.0940. The molecule has 7 heteroatoms. The standard InChI is InChI=1S/C14H20BrFN4O/c1-19-4-6-20(7-5-19)3-2-18-14(21)10-8-13(17)12(16)9-11(10)15/h8-9H,2-7,17H2,1H3,(H,18,21). The Labute approximate surface area is 132 Å². The number of rotatable bonds is 4. The van der Waals surface area contributed by atoms with Crippen LogP contribution in [-0.2, 0) is 0 Å². The van der Waals surface area contributed by atoms with Crippen molar-refractivity contribution in [2.24, 2.45) is 0 Å². The molecule has 3 N–H and O–H groups in total. The lowest BCUT2D eigenvalue weighted by Gasteiger charge is -2.32. The van der Waals surface area contributed by atoms with E-state index in [-0.39, 0.29) is 11.6 Å². The highest BCUT2D eigenvalue weighted by atomic mass is 79.9. The van der Waals surface area contributed by atoms with Gasteiger partial charge in [0, 0.05) is 43.7 Å². The Hall–Kier alpha value is -1.18. The number of halogens is 2. The van der Waals surface area contributed by atoms with E-state index in [4.69, 9.17) is 5.73 Å². The van der Waals surface area contributed by atoms with Crippen molar-refractivity contribution in [3.05, 3.63) is 28.0 Å². The first-order valence-corrected chi connectivity index (χ1v) is 7.70. The number of nitrogens with one attached hydrogen (secondary N) is 1. The normalized spacial score (nSPS) is 16.9. The molecule has 1 aromatic rings. The van der Waals surface area contributed by atoms with Crippen molar-refractivity contribution in [3.63, 3.8) is 0 Å². The number of amides is 1. The van der Waals surface area contributed by atoms with E-state index < -0.39 is 5.82 Å². The molecule has 0 spiro atoms. The lowest BCUT2D eigenvalue weighted by atomic mass is 10.2. The summed E-state index contributed by atoms with van der Waals surface area (Å²) in [6.07, 6.45) is 0. The van der Waals surface area contributed by atoms with Gasteiger partial charge in [-0.15, -0.1) is 0 Å². The van der Waals surface area contributed by atoms with Gasteiger partial charge in [-0.05, 0) is 35.1 Å². The predicted molar refractivity (Wildman–Crippen MR) is 84.8 cm³/mol. The van der Waals surface area contributed by atoms with Crippen molar-refractivity contribution in [3.8, 4) is 0 Å². The zero-order valence-electron chi connectivity index (χ0n) is 12.0. The molecule has 1 amide bonds. The van der Waals surface area contributed by atoms with E-state index >= 15 is 0 Å². The van der Waals surface area contributed by atoms with Gasteiger partial charge in [0.15, 0.2) is 0 Å². The number of anilines is 1. The van der Waals surface area contributed by atoms with E-state index in [1.165, 1.54) is 12.1 Å². The van der Waals surface area contributed by atoms with E-state index in [1.54, 1.807) is 0 Å². The van der Waals surface area contributed by atoms with Gasteiger partial charge >= 0.3 is 0 Å². The smallest absolute Gasteiger partial charge is 0.252 e. The molecule has 0 aliphatic carbocycles. The first kappa shape index (κ1) is 16.2. The van der Waals surface area contributed by atoms with Gasteiger partial charge in [-0.2, -0.15) is 0 Å². The molecule has 116 valence electrons. The summed E-state index contributed by atoms with van der Waals surface area (Å²) in [4.78, 5) is 16.7. The number of nitrogen functional groups attached to an aromatic ring is 1. The second-order valence-electron chi connectivity index (χ2n) is 5.25. The molecule has 0 bridgehead atoms. The van der Waals surface area contributed by atoms with Crippen LogP contribution in [0.3, 0.4) is 0 Å². The number of carbonyl (C=O) groups excluding carboxylic acids is 1. The molecule has 0 atom stereocenters. The van der Waals surface area contributed by atoms with Crippen LogP contribution in [0.5, 0.6) is 0 Å². The minimum atomic E-state index is -0.532. The third-order valence-corrected chi connectivity index (χ3v) is 4.30. The quantitative estimate of drug-likeness (QED) is 0.792. The number of piperazine rings is 1. The molecule has 1 aromatic carbocycles. The van der Waals surface area contributed by atoms with Crippen LogP contribution < -0.4 is 11.1 Å². The Kier molecular flexibility index (Phi) is 5.55. The summed E-state index contributed by atoms with van der Waals surface area (Å²) in [5.41, 5.74) is 5.83. The van der Waals surface area contributed by atoms with Crippen molar-refractivity contribution in [2.75, 3.05) is 52.0 Å². The zero-order valence-corrected chi connectivity index (χ0v) is 13.6. The van der Waals surface area contributed by atoms with Gasteiger partial charge in [-0.1, -0.05) is 0 Å². The monoisotopic (exact) mass is 358 g/mol. The molecule has 1 heterocycles. The average Bonchev–Trinajstić information content (AvgIpc) is 2.45. The molecule has 1 aliphatic heterocycles. The van der Waals surface area contributed by atoms with Gasteiger partial charge in [0.05, 0.1) is 11.3 Å². The summed E-state index contributed by atoms with van der Waals surface area (Å²) in [7, 11) is 2.11. The Morgan fingerprint density at radius 1 is 1.38 bits per heavy atom. The van der Waals surface area contributed by atoms with Crippen LogP contribution in [0.15, 0.2) is 16.6 Å². The van der Waals surface area contributed by atoms with Crippen LogP contribution >= 0.6 is 15.9 Å². The van der Waals surface area contributed by atoms with Crippen LogP contribution in [0.4, 0.5) is 10.1 Å². The highest BCUT2D eigenvalue weighted by Gasteiger charge is 2.15. The van der Waals surface area contributed by atoms with Gasteiger partial charge in [0.2, 0.25) is 0 Å². The van der Waals surface area contributed by atoms with Gasteiger partial charge in [0.25, 0.3) is 5.91 Å². The highest BCUT2D eigenvalue weighted by Crippen LogP contribution is 2.22. The number of benzene rings is 1. The van der Waals surface area contributed by atoms with E-state index in [0.717, 1.165) is 32.7 Å². The Morgan fingerprint density at radius 2 is 2.05 bits per heavy atom. The van der Waals surface area contributed by atoms with Crippen LogP contribution in [-0.4, -0.2) is 62.0 Å². The molecule has 21 heavy (non-hydrogen) atoms. The summed E-state index contributed by atoms with van der Waals surface area (Å²) in [5, 5.41) is 2.84. The molecule has 0 radical (unpaired) electrons. The molecule has 1 aliphatic rings. The molecular weight excluding hydrogens is 339 g/mol. The minimum absolute atomic E-state index is 0.0255. The third kappa shape index (κ3) is 4.39. The Balaban J connectivity index is 1.83. The summed E-state index contributed by atoms with van der Waals surface area (Å²) >= 11 is 3.18. The van der Waals surface area contributed by atoms with Gasteiger partial charge in [-0.25, -0.2) is 4.39 Å². The molecule has 1 fully saturated rings. The lowest BCUT2D eigenvalue weighted by Crippen LogP contribution is -2.46. The molecule has 5 nitrogen and oxygen atoms in total. The van der Waals surface area contributed by atoms with E-state index in [1.807, 2.05) is 0 Å². The average molecular weight is 359 g/mol. The predicted octanol–water partition coefficient (Wildman–Crippen LogP) is 1.15. The van der Waals surface area contributed by atoms with Gasteiger partial charge in [0.1, 0.15) is 5.82 Å². The van der Waals surface area contributed by atoms with Gasteiger partial charge < -0.3 is 16.0 Å². The number of hydrogen-bond donors (Lipinski definition) is 2. The SMILES string of the molecule is CN1CCN(CCNC(=O)c2cc(N)c(F)cc2Br)CC1. The third-order valence-electron chi connectivity index (χ3n) is 3.64. The number of likely N-dealkylation sites (N-methyl/N-ethyl adjacent to an activating group) is 1. The molecule has 1 saturated heterocycles. The summed E-state index contributed by atoms with van der Waals surface area (Å²) in [6, 6.07) is 2.56. The first-order chi connectivity index (χ1) is 9.97. The minimum Gasteiger partial charge on any atom is -0.396 e. The Morgan fingerprint density at radius 3 is 2.71 bits per heavy atom. The molecule has 2 rings (SSSR count). The fourth-order valence-corrected chi connectivity index (χ4v) is 2.73. The second kappa shape index (κ2) is 7.20. The summed E-state index contributed by atoms with van der Waals surface area (Å²) in [5.74, 6) is -0.779. The van der Waals surface area contributed by atoms with Crippen molar-refractivity contribution in [1.82, 2.24) is 15.1 Å². The van der Waals surface area contributed by atoms with Gasteiger partial charge in [-0.3, -0.25) is 9.69 Å². The molecule has 0 unspecified atom stereocenters. The molecule has 0 saturated carbocycles. The Bertz CT molecular complexity index is 518. The second-order valence-corrected chi connectivity index (χ2v) is 6.11. The van der Waals surface area contributed by atoms with Crippen molar-refractivity contribution < 1.29 is 9.18 Å². The maximum absolute atomic E-state index is 13.3. The first-order valence-electron chi connectivity index (χ1n) is 6.91. The number of nitrogens with zero attached hydrogens (tertiary/aromatic N) is 2. The van der Waals surface area contributed by atoms with E-state index in [9.17, 15) is 9.18 Å². The largest absolute Gasteiger partial charge is 0.396 e.